The summed E-state index contributed by atoms with van der Waals surface area (Å²) >= 11 is 6.28. The summed E-state index contributed by atoms with van der Waals surface area (Å²) in [7, 11) is 1.85. The summed E-state index contributed by atoms with van der Waals surface area (Å²) < 4.78 is 1.73. The summed E-state index contributed by atoms with van der Waals surface area (Å²) in [6.45, 7) is 7.08. The highest BCUT2D eigenvalue weighted by Gasteiger charge is 2.18. The summed E-state index contributed by atoms with van der Waals surface area (Å²) in [5.74, 6) is 1.31. The zero-order valence-corrected chi connectivity index (χ0v) is 14.4. The molecule has 0 aliphatic carbocycles. The summed E-state index contributed by atoms with van der Waals surface area (Å²) in [4.78, 5) is 12.2. The molecule has 0 aliphatic heterocycles. The van der Waals surface area contributed by atoms with Crippen molar-refractivity contribution < 1.29 is 4.79 Å². The lowest BCUT2D eigenvalue weighted by molar-refractivity contribution is -0.118. The maximum atomic E-state index is 12.2. The Morgan fingerprint density at radius 1 is 1.38 bits per heavy atom. The minimum Gasteiger partial charge on any atom is -0.330 e. The number of hydrogen-bond donors (Lipinski definition) is 1. The van der Waals surface area contributed by atoms with Gasteiger partial charge < -0.3 is 5.73 Å². The Bertz CT molecular complexity index is 468. The second-order valence-corrected chi connectivity index (χ2v) is 6.40. The third-order valence-electron chi connectivity index (χ3n) is 4.14. The Kier molecular flexibility index (Phi) is 7.40. The quantitative estimate of drug-likeness (QED) is 0.762. The number of nitrogens with two attached hydrogens (primary N) is 1. The van der Waals surface area contributed by atoms with Crippen molar-refractivity contribution in [2.75, 3.05) is 6.54 Å². The SMILES string of the molecule is CCc1nn(C)c(CC(=O)CCC(CCN)C(C)C)c1Cl. The van der Waals surface area contributed by atoms with Gasteiger partial charge in [0.1, 0.15) is 5.78 Å². The van der Waals surface area contributed by atoms with E-state index in [-0.39, 0.29) is 5.78 Å². The number of halogens is 1. The first-order valence-corrected chi connectivity index (χ1v) is 8.20. The Morgan fingerprint density at radius 2 is 2.05 bits per heavy atom. The first kappa shape index (κ1) is 18.2. The average molecular weight is 314 g/mol. The number of rotatable bonds is 9. The summed E-state index contributed by atoms with van der Waals surface area (Å²) in [6, 6.07) is 0. The predicted octanol–water partition coefficient (Wildman–Crippen LogP) is 3.15. The Labute approximate surface area is 133 Å². The van der Waals surface area contributed by atoms with Crippen LogP contribution in [0.2, 0.25) is 5.02 Å². The Hall–Kier alpha value is -0.870. The molecule has 1 aromatic rings. The van der Waals surface area contributed by atoms with Crippen LogP contribution in [0.3, 0.4) is 0 Å². The van der Waals surface area contributed by atoms with E-state index in [1.54, 1.807) is 4.68 Å². The van der Waals surface area contributed by atoms with E-state index < -0.39 is 0 Å². The smallest absolute Gasteiger partial charge is 0.138 e. The molecule has 0 bridgehead atoms. The fourth-order valence-electron chi connectivity index (χ4n) is 2.66. The van der Waals surface area contributed by atoms with E-state index in [1.165, 1.54) is 0 Å². The average Bonchev–Trinajstić information content (AvgIpc) is 2.70. The highest BCUT2D eigenvalue weighted by atomic mass is 35.5. The molecule has 4 nitrogen and oxygen atoms in total. The maximum absolute atomic E-state index is 12.2. The van der Waals surface area contributed by atoms with Gasteiger partial charge in [0, 0.05) is 19.9 Å². The standard InChI is InChI=1S/C16H28ClN3O/c1-5-14-16(17)15(20(4)19-14)10-13(21)7-6-12(8-9-18)11(2)3/h11-12H,5-10,18H2,1-4H3. The second-order valence-electron chi connectivity index (χ2n) is 6.02. The van der Waals surface area contributed by atoms with E-state index in [0.717, 1.165) is 30.7 Å². The number of ketones is 1. The van der Waals surface area contributed by atoms with Gasteiger partial charge in [-0.25, -0.2) is 0 Å². The van der Waals surface area contributed by atoms with E-state index >= 15 is 0 Å². The molecule has 1 unspecified atom stereocenters. The molecule has 21 heavy (non-hydrogen) atoms. The van der Waals surface area contributed by atoms with Crippen molar-refractivity contribution in [3.63, 3.8) is 0 Å². The van der Waals surface area contributed by atoms with Gasteiger partial charge in [0.25, 0.3) is 0 Å². The monoisotopic (exact) mass is 313 g/mol. The minimum absolute atomic E-state index is 0.227. The molecule has 1 rings (SSSR count). The number of hydrogen-bond acceptors (Lipinski definition) is 3. The predicted molar refractivity (Wildman–Crippen MR) is 87.5 cm³/mol. The molecule has 0 radical (unpaired) electrons. The molecule has 0 aliphatic rings. The zero-order valence-electron chi connectivity index (χ0n) is 13.7. The topological polar surface area (TPSA) is 60.9 Å². The van der Waals surface area contributed by atoms with Gasteiger partial charge in [-0.05, 0) is 37.6 Å². The zero-order chi connectivity index (χ0) is 16.0. The van der Waals surface area contributed by atoms with Crippen LogP contribution >= 0.6 is 11.6 Å². The van der Waals surface area contributed by atoms with Crippen molar-refractivity contribution in [3.05, 3.63) is 16.4 Å². The number of carbonyl (C=O) groups excluding carboxylic acids is 1. The maximum Gasteiger partial charge on any atom is 0.138 e. The summed E-state index contributed by atoms with van der Waals surface area (Å²) in [6.07, 6.45) is 3.63. The molecule has 2 N–H and O–H groups in total. The van der Waals surface area contributed by atoms with Crippen LogP contribution in [0.4, 0.5) is 0 Å². The van der Waals surface area contributed by atoms with E-state index in [2.05, 4.69) is 18.9 Å². The number of Topliss-reactive ketones (excluding diaryl/α,β-unsaturated/α-hetero) is 1. The van der Waals surface area contributed by atoms with Gasteiger partial charge in [-0.1, -0.05) is 32.4 Å². The van der Waals surface area contributed by atoms with Gasteiger partial charge in [-0.2, -0.15) is 5.10 Å². The highest BCUT2D eigenvalue weighted by molar-refractivity contribution is 6.32. The van der Waals surface area contributed by atoms with Crippen molar-refractivity contribution >= 4 is 17.4 Å². The molecular weight excluding hydrogens is 286 g/mol. The van der Waals surface area contributed by atoms with Crippen molar-refractivity contribution in [2.45, 2.75) is 52.9 Å². The van der Waals surface area contributed by atoms with Gasteiger partial charge in [0.2, 0.25) is 0 Å². The van der Waals surface area contributed by atoms with Gasteiger partial charge in [0.05, 0.1) is 16.4 Å². The van der Waals surface area contributed by atoms with Gasteiger partial charge in [-0.3, -0.25) is 9.48 Å². The van der Waals surface area contributed by atoms with Crippen LogP contribution in [0.5, 0.6) is 0 Å². The molecule has 120 valence electrons. The molecule has 0 amide bonds. The Morgan fingerprint density at radius 3 is 2.52 bits per heavy atom. The van der Waals surface area contributed by atoms with Crippen molar-refractivity contribution in [1.82, 2.24) is 9.78 Å². The van der Waals surface area contributed by atoms with Crippen LogP contribution in [0, 0.1) is 11.8 Å². The second kappa shape index (κ2) is 8.54. The van der Waals surface area contributed by atoms with Crippen molar-refractivity contribution in [1.29, 1.82) is 0 Å². The van der Waals surface area contributed by atoms with Crippen LogP contribution in [-0.2, 0) is 24.7 Å². The molecule has 5 heteroatoms. The van der Waals surface area contributed by atoms with Crippen molar-refractivity contribution in [3.8, 4) is 0 Å². The lowest BCUT2D eigenvalue weighted by Crippen LogP contribution is -2.16. The number of nitrogens with zero attached hydrogens (tertiary/aromatic N) is 2. The molecule has 0 saturated heterocycles. The van der Waals surface area contributed by atoms with Crippen LogP contribution in [0.15, 0.2) is 0 Å². The minimum atomic E-state index is 0.227. The third kappa shape index (κ3) is 5.11. The number of aromatic nitrogens is 2. The van der Waals surface area contributed by atoms with E-state index in [4.69, 9.17) is 17.3 Å². The van der Waals surface area contributed by atoms with Gasteiger partial charge in [0.15, 0.2) is 0 Å². The Balaban J connectivity index is 2.60. The fraction of sp³-hybridized carbons (Fsp3) is 0.750. The molecule has 0 aromatic carbocycles. The normalized spacial score (nSPS) is 12.9. The molecule has 0 saturated carbocycles. The molecule has 1 atom stereocenters. The molecule has 1 aromatic heterocycles. The number of aryl methyl sites for hydroxylation is 2. The lowest BCUT2D eigenvalue weighted by atomic mass is 9.87. The largest absolute Gasteiger partial charge is 0.330 e. The number of carbonyl (C=O) groups is 1. The van der Waals surface area contributed by atoms with Gasteiger partial charge in [-0.15, -0.1) is 0 Å². The molecule has 1 heterocycles. The van der Waals surface area contributed by atoms with E-state index in [9.17, 15) is 4.79 Å². The molecule has 0 spiro atoms. The van der Waals surface area contributed by atoms with Gasteiger partial charge >= 0.3 is 0 Å². The third-order valence-corrected chi connectivity index (χ3v) is 4.58. The van der Waals surface area contributed by atoms with Crippen LogP contribution in [0.25, 0.3) is 0 Å². The van der Waals surface area contributed by atoms with E-state index in [1.807, 2.05) is 14.0 Å². The summed E-state index contributed by atoms with van der Waals surface area (Å²) in [5, 5.41) is 5.00. The highest BCUT2D eigenvalue weighted by Crippen LogP contribution is 2.24. The summed E-state index contributed by atoms with van der Waals surface area (Å²) in [5.41, 5.74) is 7.34. The first-order chi connectivity index (χ1) is 9.90. The van der Waals surface area contributed by atoms with Crippen LogP contribution in [-0.4, -0.2) is 22.1 Å². The first-order valence-electron chi connectivity index (χ1n) is 7.82. The molecule has 0 fully saturated rings. The fourth-order valence-corrected chi connectivity index (χ4v) is 3.02. The van der Waals surface area contributed by atoms with Crippen LogP contribution in [0.1, 0.15) is 51.4 Å². The molecular formula is C16H28ClN3O. The van der Waals surface area contributed by atoms with Crippen molar-refractivity contribution in [2.24, 2.45) is 24.6 Å². The van der Waals surface area contributed by atoms with E-state index in [0.29, 0.717) is 36.2 Å². The van der Waals surface area contributed by atoms with Crippen LogP contribution < -0.4 is 5.73 Å². The lowest BCUT2D eigenvalue weighted by Gasteiger charge is -2.19.